The Morgan fingerprint density at radius 1 is 0.758 bits per heavy atom. The Hall–Kier alpha value is -1.18. The minimum Gasteiger partial charge on any atom is -0.543 e. The second kappa shape index (κ2) is 9.46. The molecule has 2 aromatic rings. The average Bonchev–Trinajstić information content (AvgIpc) is 2.69. The van der Waals surface area contributed by atoms with Gasteiger partial charge in [0, 0.05) is 10.6 Å². The van der Waals surface area contributed by atoms with Crippen LogP contribution in [0.4, 0.5) is 0 Å². The highest BCUT2D eigenvalue weighted by Crippen LogP contribution is 2.47. The number of hydrogen-bond acceptors (Lipinski definition) is 3. The Bertz CT molecular complexity index is 968. The summed E-state index contributed by atoms with van der Waals surface area (Å²) in [7, 11) is -3.79. The van der Waals surface area contributed by atoms with Crippen molar-refractivity contribution in [3.8, 4) is 22.6 Å². The lowest BCUT2D eigenvalue weighted by Crippen LogP contribution is -2.50. The zero-order valence-corrected chi connectivity index (χ0v) is 25.4. The fourth-order valence-electron chi connectivity index (χ4n) is 5.08. The Labute approximate surface area is 209 Å². The largest absolute Gasteiger partial charge is 0.543 e. The van der Waals surface area contributed by atoms with E-state index in [9.17, 15) is 0 Å². The summed E-state index contributed by atoms with van der Waals surface area (Å²) >= 11 is 1.92. The SMILES string of the molecule is CC(C)[Si](Oc1ccc2c(c1)SCc1cc(O[Si](C)(C)C(C)(C)C)ccc1-2)(C(C)C)C(C)C. The van der Waals surface area contributed by atoms with Crippen LogP contribution in [0.25, 0.3) is 11.1 Å². The van der Waals surface area contributed by atoms with Gasteiger partial charge in [0.25, 0.3) is 8.32 Å². The molecular formula is C28H44O2SSi2. The van der Waals surface area contributed by atoms with Crippen LogP contribution in [0.5, 0.6) is 11.5 Å². The van der Waals surface area contributed by atoms with Crippen molar-refractivity contribution in [1.29, 1.82) is 0 Å². The molecule has 1 aliphatic rings. The molecule has 3 rings (SSSR count). The smallest absolute Gasteiger partial charge is 0.258 e. The van der Waals surface area contributed by atoms with Crippen molar-refractivity contribution in [2.24, 2.45) is 0 Å². The molecule has 0 fully saturated rings. The van der Waals surface area contributed by atoms with Gasteiger partial charge in [0.1, 0.15) is 11.5 Å². The standard InChI is InChI=1S/C28H44O2SSi2/c1-19(2)33(20(3)4,21(5)6)30-24-13-15-26-25-14-12-23(29-32(10,11)28(7,8)9)16-22(25)18-31-27(26)17-24/h12-17,19-21H,18H2,1-11H3. The molecule has 0 N–H and O–H groups in total. The van der Waals surface area contributed by atoms with Crippen molar-refractivity contribution in [2.45, 2.75) is 108 Å². The van der Waals surface area contributed by atoms with Crippen LogP contribution < -0.4 is 8.85 Å². The van der Waals surface area contributed by atoms with Crippen LogP contribution in [-0.4, -0.2) is 16.6 Å². The number of hydrogen-bond donors (Lipinski definition) is 0. The molecule has 0 bridgehead atoms. The van der Waals surface area contributed by atoms with Gasteiger partial charge in [-0.15, -0.1) is 11.8 Å². The predicted octanol–water partition coefficient (Wildman–Crippen LogP) is 9.90. The predicted molar refractivity (Wildman–Crippen MR) is 151 cm³/mol. The molecule has 0 unspecified atom stereocenters. The van der Waals surface area contributed by atoms with Gasteiger partial charge in [0.2, 0.25) is 8.32 Å². The van der Waals surface area contributed by atoms with Gasteiger partial charge in [-0.2, -0.15) is 0 Å². The van der Waals surface area contributed by atoms with Gasteiger partial charge in [0.15, 0.2) is 0 Å². The van der Waals surface area contributed by atoms with Crippen LogP contribution in [-0.2, 0) is 5.75 Å². The summed E-state index contributed by atoms with van der Waals surface area (Å²) in [6.45, 7) is 25.6. The monoisotopic (exact) mass is 500 g/mol. The number of rotatable bonds is 7. The molecule has 0 spiro atoms. The zero-order valence-electron chi connectivity index (χ0n) is 22.6. The van der Waals surface area contributed by atoms with Gasteiger partial charge in [-0.1, -0.05) is 68.4 Å². The number of benzene rings is 2. The molecule has 0 aromatic heterocycles. The minimum absolute atomic E-state index is 0.196. The zero-order chi connectivity index (χ0) is 24.8. The van der Waals surface area contributed by atoms with E-state index in [1.54, 1.807) is 0 Å². The summed E-state index contributed by atoms with van der Waals surface area (Å²) in [5, 5.41) is 0.196. The third-order valence-electron chi connectivity index (χ3n) is 7.88. The van der Waals surface area contributed by atoms with Gasteiger partial charge >= 0.3 is 0 Å². The molecule has 1 aliphatic heterocycles. The molecule has 5 heteroatoms. The lowest BCUT2D eigenvalue weighted by molar-refractivity contribution is 0.479. The Balaban J connectivity index is 1.91. The summed E-state index contributed by atoms with van der Waals surface area (Å²) in [6, 6.07) is 13.4. The van der Waals surface area contributed by atoms with E-state index < -0.39 is 16.6 Å². The van der Waals surface area contributed by atoms with Crippen LogP contribution in [0.3, 0.4) is 0 Å². The van der Waals surface area contributed by atoms with E-state index in [0.717, 1.165) is 17.3 Å². The highest BCUT2D eigenvalue weighted by atomic mass is 32.2. The number of thioether (sulfide) groups is 1. The van der Waals surface area contributed by atoms with E-state index in [0.29, 0.717) is 16.6 Å². The Morgan fingerprint density at radius 3 is 1.79 bits per heavy atom. The molecule has 2 nitrogen and oxygen atoms in total. The second-order valence-electron chi connectivity index (χ2n) is 12.0. The molecule has 0 aliphatic carbocycles. The molecule has 0 radical (unpaired) electrons. The van der Waals surface area contributed by atoms with Crippen LogP contribution in [0.15, 0.2) is 41.3 Å². The average molecular weight is 501 g/mol. The lowest BCUT2D eigenvalue weighted by atomic mass is 9.99. The minimum atomic E-state index is -1.95. The molecule has 0 saturated heterocycles. The van der Waals surface area contributed by atoms with Crippen molar-refractivity contribution >= 4 is 28.4 Å². The maximum atomic E-state index is 6.96. The third kappa shape index (κ3) is 5.11. The maximum absolute atomic E-state index is 6.96. The molecular weight excluding hydrogens is 457 g/mol. The molecule has 0 saturated carbocycles. The molecule has 2 aromatic carbocycles. The highest BCUT2D eigenvalue weighted by Gasteiger charge is 2.47. The first-order chi connectivity index (χ1) is 15.2. The van der Waals surface area contributed by atoms with E-state index in [-0.39, 0.29) is 5.04 Å². The first-order valence-electron chi connectivity index (χ1n) is 12.5. The molecule has 0 atom stereocenters. The summed E-state index contributed by atoms with van der Waals surface area (Å²) in [5.74, 6) is 3.04. The Morgan fingerprint density at radius 2 is 1.27 bits per heavy atom. The summed E-state index contributed by atoms with van der Waals surface area (Å²) < 4.78 is 13.5. The van der Waals surface area contributed by atoms with E-state index in [1.165, 1.54) is 21.6 Å². The van der Waals surface area contributed by atoms with Crippen molar-refractivity contribution < 1.29 is 8.85 Å². The lowest BCUT2D eigenvalue weighted by Gasteiger charge is -2.42. The van der Waals surface area contributed by atoms with E-state index in [1.807, 2.05) is 11.8 Å². The van der Waals surface area contributed by atoms with Crippen molar-refractivity contribution in [2.75, 3.05) is 0 Å². The third-order valence-corrected chi connectivity index (χ3v) is 19.4. The normalized spacial score (nSPS) is 14.5. The number of fused-ring (bicyclic) bond motifs is 3. The van der Waals surface area contributed by atoms with Crippen molar-refractivity contribution in [1.82, 2.24) is 0 Å². The van der Waals surface area contributed by atoms with Crippen LogP contribution in [0.1, 0.15) is 67.9 Å². The first kappa shape index (κ1) is 26.4. The molecule has 182 valence electrons. The van der Waals surface area contributed by atoms with Crippen molar-refractivity contribution in [3.63, 3.8) is 0 Å². The van der Waals surface area contributed by atoms with E-state index in [4.69, 9.17) is 8.85 Å². The highest BCUT2D eigenvalue weighted by molar-refractivity contribution is 7.98. The van der Waals surface area contributed by atoms with Gasteiger partial charge in [-0.25, -0.2) is 0 Å². The second-order valence-corrected chi connectivity index (χ2v) is 23.2. The molecule has 0 amide bonds. The summed E-state index contributed by atoms with van der Waals surface area (Å²) in [4.78, 5) is 1.33. The van der Waals surface area contributed by atoms with E-state index in [2.05, 4.69) is 112 Å². The summed E-state index contributed by atoms with van der Waals surface area (Å²) in [6.07, 6.45) is 0. The maximum Gasteiger partial charge on any atom is 0.258 e. The first-order valence-corrected chi connectivity index (χ1v) is 18.5. The van der Waals surface area contributed by atoms with Gasteiger partial charge < -0.3 is 8.85 Å². The molecule has 1 heterocycles. The van der Waals surface area contributed by atoms with Crippen molar-refractivity contribution in [3.05, 3.63) is 42.0 Å². The summed E-state index contributed by atoms with van der Waals surface area (Å²) in [5.41, 5.74) is 5.73. The van der Waals surface area contributed by atoms with Crippen LogP contribution in [0.2, 0.25) is 34.8 Å². The van der Waals surface area contributed by atoms with Gasteiger partial charge in [-0.05, 0) is 81.8 Å². The molecule has 33 heavy (non-hydrogen) atoms. The van der Waals surface area contributed by atoms with Crippen LogP contribution in [0, 0.1) is 0 Å². The van der Waals surface area contributed by atoms with E-state index >= 15 is 0 Å². The Kier molecular flexibility index (Phi) is 7.58. The van der Waals surface area contributed by atoms with Gasteiger partial charge in [0.05, 0.1) is 0 Å². The fourth-order valence-corrected chi connectivity index (χ4v) is 12.4. The quantitative estimate of drug-likeness (QED) is 0.352. The fraction of sp³-hybridized carbons (Fsp3) is 0.571. The topological polar surface area (TPSA) is 18.5 Å². The van der Waals surface area contributed by atoms with Gasteiger partial charge in [-0.3, -0.25) is 0 Å². The van der Waals surface area contributed by atoms with Crippen LogP contribution >= 0.6 is 11.8 Å².